The molecule has 0 aromatic carbocycles. The lowest BCUT2D eigenvalue weighted by Crippen LogP contribution is -2.36. The molecule has 0 aliphatic carbocycles. The van der Waals surface area contributed by atoms with E-state index in [1.54, 1.807) is 32.4 Å². The molecule has 0 saturated carbocycles. The summed E-state index contributed by atoms with van der Waals surface area (Å²) in [5.41, 5.74) is 4.95. The summed E-state index contributed by atoms with van der Waals surface area (Å²) in [6.07, 6.45) is 6.81. The van der Waals surface area contributed by atoms with Crippen LogP contribution in [0.2, 0.25) is 0 Å². The third kappa shape index (κ3) is 8.23. The number of ether oxygens (including phenoxy) is 1. The largest absolute Gasteiger partial charge is 0.394 e. The van der Waals surface area contributed by atoms with Crippen LogP contribution in [0, 0.1) is 0 Å². The lowest BCUT2D eigenvalue weighted by molar-refractivity contribution is 0.0966. The Morgan fingerprint density at radius 3 is 2.24 bits per heavy atom. The maximum atomic E-state index is 12.5. The van der Waals surface area contributed by atoms with Gasteiger partial charge in [-0.3, -0.25) is 14.8 Å². The highest BCUT2D eigenvalue weighted by molar-refractivity contribution is 6.05. The fourth-order valence-corrected chi connectivity index (χ4v) is 3.70. The quantitative estimate of drug-likeness (QED) is 0.461. The minimum absolute atomic E-state index is 0.106. The Kier molecular flexibility index (Phi) is 12.5. The Morgan fingerprint density at radius 1 is 1.00 bits per heavy atom. The van der Waals surface area contributed by atoms with Gasteiger partial charge in [0.05, 0.1) is 48.2 Å². The van der Waals surface area contributed by atoms with Gasteiger partial charge >= 0.3 is 0 Å². The summed E-state index contributed by atoms with van der Waals surface area (Å²) in [5, 5.41) is 14.2. The number of aliphatic hydroxyl groups excluding tert-OH is 1. The molecular weight excluding hydrogens is 468 g/mol. The lowest BCUT2D eigenvalue weighted by Gasteiger charge is -2.28. The van der Waals surface area contributed by atoms with Crippen molar-refractivity contribution in [3.63, 3.8) is 0 Å². The van der Waals surface area contributed by atoms with Crippen molar-refractivity contribution in [1.82, 2.24) is 20.3 Å². The number of aromatic nitrogens is 3. The zero-order valence-corrected chi connectivity index (χ0v) is 22.8. The number of carbonyl (C=O) groups excluding carboxylic acids is 1. The van der Waals surface area contributed by atoms with Crippen LogP contribution >= 0.6 is 0 Å². The van der Waals surface area contributed by atoms with Gasteiger partial charge in [0, 0.05) is 49.3 Å². The molecule has 1 amide bonds. The minimum Gasteiger partial charge on any atom is -0.394 e. The number of hydrogen-bond donors (Lipinski definition) is 3. The van der Waals surface area contributed by atoms with E-state index in [2.05, 4.69) is 30.5 Å². The standard InChI is InChI=1S/C21H20N6O2.C3H8O.2C2H6/c28-21-19-16(12-25-21)20(14-3-5-22-6-4-14)24-13-17(19)26-18-2-1-15(11-23-18)27-7-9-29-10-8-27;1-3(2)4;2*1-2/h1-6,11,13H,7-10,12H2,(H,23,26)(H,25,28);3-4H,1-2H3;2*1-2H3. The maximum absolute atomic E-state index is 12.5. The van der Waals surface area contributed by atoms with Crippen molar-refractivity contribution in [2.45, 2.75) is 54.2 Å². The number of carbonyl (C=O) groups is 1. The minimum atomic E-state index is -0.167. The van der Waals surface area contributed by atoms with Gasteiger partial charge < -0.3 is 25.4 Å². The average molecular weight is 509 g/mol. The van der Waals surface area contributed by atoms with E-state index < -0.39 is 0 Å². The van der Waals surface area contributed by atoms with Crippen LogP contribution in [0.15, 0.2) is 49.1 Å². The van der Waals surface area contributed by atoms with Crippen molar-refractivity contribution in [2.75, 3.05) is 36.5 Å². The number of hydrogen-bond acceptors (Lipinski definition) is 8. The molecule has 0 unspecified atom stereocenters. The zero-order valence-electron chi connectivity index (χ0n) is 22.8. The van der Waals surface area contributed by atoms with Gasteiger partial charge in [-0.25, -0.2) is 4.98 Å². The second-order valence-corrected chi connectivity index (χ2v) is 8.01. The lowest BCUT2D eigenvalue weighted by atomic mass is 10.0. The van der Waals surface area contributed by atoms with Crippen molar-refractivity contribution < 1.29 is 14.6 Å². The van der Waals surface area contributed by atoms with Crippen LogP contribution in [0.25, 0.3) is 11.3 Å². The Bertz CT molecular complexity index is 1080. The Labute approximate surface area is 220 Å². The number of morpholine rings is 1. The predicted molar refractivity (Wildman–Crippen MR) is 149 cm³/mol. The third-order valence-corrected chi connectivity index (χ3v) is 5.17. The summed E-state index contributed by atoms with van der Waals surface area (Å²) in [6, 6.07) is 7.73. The number of pyridine rings is 3. The fraction of sp³-hybridized carbons (Fsp3) is 0.429. The van der Waals surface area contributed by atoms with Crippen LogP contribution in [0.3, 0.4) is 0 Å². The van der Waals surface area contributed by atoms with E-state index in [0.29, 0.717) is 23.6 Å². The highest BCUT2D eigenvalue weighted by atomic mass is 16.5. The first-order valence-electron chi connectivity index (χ1n) is 13.0. The van der Waals surface area contributed by atoms with E-state index in [1.165, 1.54) is 0 Å². The smallest absolute Gasteiger partial charge is 0.254 e. The maximum Gasteiger partial charge on any atom is 0.254 e. The molecule has 0 bridgehead atoms. The summed E-state index contributed by atoms with van der Waals surface area (Å²) >= 11 is 0. The summed E-state index contributed by atoms with van der Waals surface area (Å²) in [5.74, 6) is 0.563. The summed E-state index contributed by atoms with van der Waals surface area (Å²) in [7, 11) is 0. The number of fused-ring (bicyclic) bond motifs is 1. The van der Waals surface area contributed by atoms with Gasteiger partial charge in [0.1, 0.15) is 5.82 Å². The number of nitrogens with zero attached hydrogens (tertiary/aromatic N) is 4. The number of aliphatic hydroxyl groups is 1. The SMILES string of the molecule is CC.CC.CC(C)O.O=C1NCc2c(-c3ccncc3)ncc(Nc3ccc(N4CCOCC4)cn3)c21. The molecule has 3 N–H and O–H groups in total. The molecule has 2 aliphatic heterocycles. The second kappa shape index (κ2) is 15.5. The topological polar surface area (TPSA) is 112 Å². The molecule has 5 heterocycles. The number of anilines is 3. The molecule has 9 heteroatoms. The molecule has 9 nitrogen and oxygen atoms in total. The molecule has 37 heavy (non-hydrogen) atoms. The van der Waals surface area contributed by atoms with Gasteiger partial charge in [0.15, 0.2) is 0 Å². The van der Waals surface area contributed by atoms with E-state index >= 15 is 0 Å². The molecule has 3 aromatic heterocycles. The Hall–Kier alpha value is -3.56. The van der Waals surface area contributed by atoms with Gasteiger partial charge in [-0.2, -0.15) is 0 Å². The predicted octanol–water partition coefficient (Wildman–Crippen LogP) is 4.80. The first kappa shape index (κ1) is 29.7. The average Bonchev–Trinajstić information content (AvgIpc) is 3.34. The van der Waals surface area contributed by atoms with Crippen LogP contribution in [0.5, 0.6) is 0 Å². The summed E-state index contributed by atoms with van der Waals surface area (Å²) < 4.78 is 5.40. The van der Waals surface area contributed by atoms with E-state index in [9.17, 15) is 4.79 Å². The van der Waals surface area contributed by atoms with Crippen molar-refractivity contribution in [3.05, 3.63) is 60.2 Å². The highest BCUT2D eigenvalue weighted by Crippen LogP contribution is 2.33. The van der Waals surface area contributed by atoms with Gasteiger partial charge in [-0.05, 0) is 38.1 Å². The van der Waals surface area contributed by atoms with Crippen molar-refractivity contribution in [2.24, 2.45) is 0 Å². The first-order valence-corrected chi connectivity index (χ1v) is 13.0. The summed E-state index contributed by atoms with van der Waals surface area (Å²) in [4.78, 5) is 27.9. The van der Waals surface area contributed by atoms with Gasteiger partial charge in [-0.1, -0.05) is 27.7 Å². The van der Waals surface area contributed by atoms with Crippen LogP contribution in [-0.4, -0.2) is 58.4 Å². The number of amides is 1. The van der Waals surface area contributed by atoms with Crippen molar-refractivity contribution >= 4 is 23.1 Å². The molecule has 2 aliphatic rings. The molecule has 0 spiro atoms. The van der Waals surface area contributed by atoms with Crippen LogP contribution < -0.4 is 15.5 Å². The molecule has 1 saturated heterocycles. The molecule has 0 radical (unpaired) electrons. The molecule has 0 atom stereocenters. The summed E-state index contributed by atoms with van der Waals surface area (Å²) in [6.45, 7) is 15.1. The highest BCUT2D eigenvalue weighted by Gasteiger charge is 2.27. The first-order chi connectivity index (χ1) is 18.0. The zero-order chi connectivity index (χ0) is 27.2. The van der Waals surface area contributed by atoms with Crippen LogP contribution in [0.4, 0.5) is 17.2 Å². The van der Waals surface area contributed by atoms with Crippen LogP contribution in [0.1, 0.15) is 57.5 Å². The van der Waals surface area contributed by atoms with E-state index in [-0.39, 0.29) is 12.0 Å². The van der Waals surface area contributed by atoms with E-state index in [4.69, 9.17) is 9.84 Å². The molecular formula is C28H40N6O3. The normalized spacial score (nSPS) is 13.6. The van der Waals surface area contributed by atoms with Crippen molar-refractivity contribution in [1.29, 1.82) is 0 Å². The van der Waals surface area contributed by atoms with Gasteiger partial charge in [0.25, 0.3) is 5.91 Å². The van der Waals surface area contributed by atoms with Gasteiger partial charge in [-0.15, -0.1) is 0 Å². The van der Waals surface area contributed by atoms with Crippen LogP contribution in [-0.2, 0) is 11.3 Å². The Morgan fingerprint density at radius 2 is 1.65 bits per heavy atom. The fourth-order valence-electron chi connectivity index (χ4n) is 3.70. The van der Waals surface area contributed by atoms with Crippen molar-refractivity contribution in [3.8, 4) is 11.3 Å². The van der Waals surface area contributed by atoms with E-state index in [1.807, 2.05) is 58.2 Å². The van der Waals surface area contributed by atoms with E-state index in [0.717, 1.165) is 48.8 Å². The molecule has 1 fully saturated rings. The molecule has 5 rings (SSSR count). The molecule has 3 aromatic rings. The molecule has 200 valence electrons. The Balaban J connectivity index is 0.000000541. The number of rotatable bonds is 4. The monoisotopic (exact) mass is 508 g/mol. The third-order valence-electron chi connectivity index (χ3n) is 5.17. The second-order valence-electron chi connectivity index (χ2n) is 8.01. The number of nitrogens with one attached hydrogen (secondary N) is 2. The van der Waals surface area contributed by atoms with Gasteiger partial charge in [0.2, 0.25) is 0 Å².